The fourth-order valence-electron chi connectivity index (χ4n) is 3.49. The quantitative estimate of drug-likeness (QED) is 0.633. The molecule has 0 spiro atoms. The van der Waals surface area contributed by atoms with E-state index >= 15 is 0 Å². The van der Waals surface area contributed by atoms with Crippen LogP contribution in [0.4, 0.5) is 11.4 Å². The van der Waals surface area contributed by atoms with Gasteiger partial charge in [0.15, 0.2) is 0 Å². The van der Waals surface area contributed by atoms with Crippen LogP contribution in [0.15, 0.2) is 78.5 Å². The van der Waals surface area contributed by atoms with Crippen molar-refractivity contribution >= 4 is 28.8 Å². The van der Waals surface area contributed by atoms with Gasteiger partial charge in [0.2, 0.25) is 0 Å². The summed E-state index contributed by atoms with van der Waals surface area (Å²) in [5.74, 6) is -0.0535. The van der Waals surface area contributed by atoms with Crippen LogP contribution in [0, 0.1) is 13.8 Å². The van der Waals surface area contributed by atoms with Gasteiger partial charge in [0.05, 0.1) is 18.4 Å². The van der Waals surface area contributed by atoms with Crippen LogP contribution in [0.25, 0.3) is 5.57 Å². The lowest BCUT2D eigenvalue weighted by molar-refractivity contribution is -0.120. The highest BCUT2D eigenvalue weighted by Gasteiger charge is 2.40. The van der Waals surface area contributed by atoms with Crippen molar-refractivity contribution < 1.29 is 14.3 Å². The van der Waals surface area contributed by atoms with Gasteiger partial charge in [0, 0.05) is 5.69 Å². The summed E-state index contributed by atoms with van der Waals surface area (Å²) in [5, 5.41) is 3.24. The lowest BCUT2D eigenvalue weighted by atomic mass is 10.0. The Hall–Kier alpha value is -3.86. The number of aryl methyl sites for hydroxylation is 2. The van der Waals surface area contributed by atoms with Crippen molar-refractivity contribution in [3.63, 3.8) is 0 Å². The highest BCUT2D eigenvalue weighted by atomic mass is 16.5. The van der Waals surface area contributed by atoms with Crippen LogP contribution in [0.2, 0.25) is 0 Å². The van der Waals surface area contributed by atoms with Crippen LogP contribution in [0.5, 0.6) is 5.75 Å². The van der Waals surface area contributed by atoms with E-state index in [1.54, 1.807) is 55.6 Å². The monoisotopic (exact) mass is 398 g/mol. The summed E-state index contributed by atoms with van der Waals surface area (Å²) in [7, 11) is 1.59. The SMILES string of the molecule is COc1ccc(C2=C(Nc3cc(C)ccc3C)C(=O)N(c3ccccc3)C2=O)cc1. The molecule has 0 atom stereocenters. The molecule has 4 rings (SSSR count). The lowest BCUT2D eigenvalue weighted by Gasteiger charge is -2.15. The van der Waals surface area contributed by atoms with Crippen LogP contribution in [0.3, 0.4) is 0 Å². The molecular weight excluding hydrogens is 376 g/mol. The van der Waals surface area contributed by atoms with Crippen molar-refractivity contribution in [1.29, 1.82) is 0 Å². The summed E-state index contributed by atoms with van der Waals surface area (Å²) < 4.78 is 5.23. The summed E-state index contributed by atoms with van der Waals surface area (Å²) in [5.41, 5.74) is 4.64. The summed E-state index contributed by atoms with van der Waals surface area (Å²) in [6.45, 7) is 3.95. The maximum atomic E-state index is 13.4. The van der Waals surface area contributed by atoms with Crippen LogP contribution in [0.1, 0.15) is 16.7 Å². The molecule has 0 aliphatic carbocycles. The Morgan fingerprint density at radius 1 is 0.833 bits per heavy atom. The third-order valence-electron chi connectivity index (χ3n) is 5.13. The van der Waals surface area contributed by atoms with Crippen LogP contribution in [-0.2, 0) is 9.59 Å². The number of ether oxygens (including phenoxy) is 1. The summed E-state index contributed by atoms with van der Waals surface area (Å²) in [6.07, 6.45) is 0. The lowest BCUT2D eigenvalue weighted by Crippen LogP contribution is -2.32. The molecule has 0 fully saturated rings. The number of benzene rings is 3. The molecule has 0 bridgehead atoms. The summed E-state index contributed by atoms with van der Waals surface area (Å²) >= 11 is 0. The van der Waals surface area contributed by atoms with Crippen molar-refractivity contribution in [2.75, 3.05) is 17.3 Å². The predicted molar refractivity (Wildman–Crippen MR) is 118 cm³/mol. The molecule has 0 unspecified atom stereocenters. The number of anilines is 2. The van der Waals surface area contributed by atoms with Crippen molar-refractivity contribution in [2.45, 2.75) is 13.8 Å². The zero-order valence-electron chi connectivity index (χ0n) is 17.1. The Morgan fingerprint density at radius 2 is 1.53 bits per heavy atom. The second-order valence-corrected chi connectivity index (χ2v) is 7.20. The Balaban J connectivity index is 1.84. The fraction of sp³-hybridized carbons (Fsp3) is 0.120. The van der Waals surface area contributed by atoms with E-state index in [9.17, 15) is 9.59 Å². The first-order valence-electron chi connectivity index (χ1n) is 9.66. The number of para-hydroxylation sites is 1. The second kappa shape index (κ2) is 7.87. The molecule has 0 saturated heterocycles. The van der Waals surface area contributed by atoms with Gasteiger partial charge in [-0.25, -0.2) is 4.90 Å². The average Bonchev–Trinajstić information content (AvgIpc) is 3.01. The first kappa shape index (κ1) is 19.5. The fourth-order valence-corrected chi connectivity index (χ4v) is 3.49. The van der Waals surface area contributed by atoms with Gasteiger partial charge >= 0.3 is 0 Å². The molecule has 150 valence electrons. The molecular formula is C25H22N2O3. The highest BCUT2D eigenvalue weighted by Crippen LogP contribution is 2.34. The van der Waals surface area contributed by atoms with Crippen molar-refractivity contribution in [3.05, 3.63) is 95.2 Å². The number of nitrogens with one attached hydrogen (secondary N) is 1. The smallest absolute Gasteiger partial charge is 0.282 e. The molecule has 0 saturated carbocycles. The van der Waals surface area contributed by atoms with E-state index in [1.165, 1.54) is 4.90 Å². The molecule has 1 aliphatic rings. The van der Waals surface area contributed by atoms with Crippen LogP contribution >= 0.6 is 0 Å². The Morgan fingerprint density at radius 3 is 2.20 bits per heavy atom. The highest BCUT2D eigenvalue weighted by molar-refractivity contribution is 6.46. The maximum absolute atomic E-state index is 13.4. The predicted octanol–water partition coefficient (Wildman–Crippen LogP) is 4.71. The Bertz CT molecular complexity index is 1150. The minimum Gasteiger partial charge on any atom is -0.497 e. The molecule has 1 N–H and O–H groups in total. The minimum atomic E-state index is -0.377. The molecule has 1 aliphatic heterocycles. The van der Waals surface area contributed by atoms with E-state index in [-0.39, 0.29) is 17.5 Å². The molecule has 2 amide bonds. The van der Waals surface area contributed by atoms with E-state index in [1.807, 2.05) is 38.1 Å². The van der Waals surface area contributed by atoms with E-state index in [0.29, 0.717) is 22.6 Å². The molecule has 1 heterocycles. The van der Waals surface area contributed by atoms with Crippen molar-refractivity contribution in [2.24, 2.45) is 0 Å². The standard InChI is InChI=1S/C25H22N2O3/c1-16-9-10-17(2)21(15-16)26-23-22(18-11-13-20(30-3)14-12-18)24(28)27(25(23)29)19-7-5-4-6-8-19/h4-15,26H,1-3H3. The molecule has 5 heteroatoms. The van der Waals surface area contributed by atoms with Gasteiger partial charge in [0.25, 0.3) is 11.8 Å². The zero-order chi connectivity index (χ0) is 21.3. The first-order valence-corrected chi connectivity index (χ1v) is 9.66. The van der Waals surface area contributed by atoms with Gasteiger partial charge < -0.3 is 10.1 Å². The number of rotatable bonds is 5. The number of hydrogen-bond acceptors (Lipinski definition) is 4. The van der Waals surface area contributed by atoms with E-state index in [4.69, 9.17) is 4.74 Å². The molecule has 3 aromatic carbocycles. The third kappa shape index (κ3) is 3.46. The topological polar surface area (TPSA) is 58.6 Å². The zero-order valence-corrected chi connectivity index (χ0v) is 17.1. The number of amides is 2. The first-order chi connectivity index (χ1) is 14.5. The Labute approximate surface area is 175 Å². The van der Waals surface area contributed by atoms with Gasteiger partial charge in [-0.1, -0.05) is 42.5 Å². The van der Waals surface area contributed by atoms with Crippen molar-refractivity contribution in [3.8, 4) is 5.75 Å². The van der Waals surface area contributed by atoms with Gasteiger partial charge in [-0.3, -0.25) is 9.59 Å². The molecule has 3 aromatic rings. The van der Waals surface area contributed by atoms with Gasteiger partial charge in [-0.05, 0) is 60.9 Å². The van der Waals surface area contributed by atoms with Crippen molar-refractivity contribution in [1.82, 2.24) is 0 Å². The molecule has 30 heavy (non-hydrogen) atoms. The number of hydrogen-bond donors (Lipinski definition) is 1. The summed E-state index contributed by atoms with van der Waals surface area (Å²) in [4.78, 5) is 28.0. The second-order valence-electron chi connectivity index (χ2n) is 7.20. The van der Waals surface area contributed by atoms with Crippen LogP contribution in [-0.4, -0.2) is 18.9 Å². The van der Waals surface area contributed by atoms with E-state index < -0.39 is 0 Å². The number of carbonyl (C=O) groups excluding carboxylic acids is 2. The largest absolute Gasteiger partial charge is 0.497 e. The van der Waals surface area contributed by atoms with Gasteiger partial charge in [-0.2, -0.15) is 0 Å². The van der Waals surface area contributed by atoms with Gasteiger partial charge in [-0.15, -0.1) is 0 Å². The minimum absolute atomic E-state index is 0.266. The summed E-state index contributed by atoms with van der Waals surface area (Å²) in [6, 6.07) is 22.1. The molecule has 0 radical (unpaired) electrons. The van der Waals surface area contributed by atoms with Gasteiger partial charge in [0.1, 0.15) is 11.4 Å². The van der Waals surface area contributed by atoms with E-state index in [0.717, 1.165) is 16.8 Å². The molecule has 5 nitrogen and oxygen atoms in total. The number of methoxy groups -OCH3 is 1. The Kier molecular flexibility index (Phi) is 5.11. The third-order valence-corrected chi connectivity index (χ3v) is 5.13. The number of carbonyl (C=O) groups is 2. The number of nitrogens with zero attached hydrogens (tertiary/aromatic N) is 1. The maximum Gasteiger partial charge on any atom is 0.282 e. The normalized spacial score (nSPS) is 13.8. The average molecular weight is 398 g/mol. The number of imide groups is 1. The molecule has 0 aromatic heterocycles. The van der Waals surface area contributed by atoms with Crippen LogP contribution < -0.4 is 15.0 Å². The van der Waals surface area contributed by atoms with E-state index in [2.05, 4.69) is 5.32 Å².